The van der Waals surface area contributed by atoms with Crippen molar-refractivity contribution in [2.75, 3.05) is 5.32 Å². The van der Waals surface area contributed by atoms with Gasteiger partial charge in [-0.3, -0.25) is 4.79 Å². The van der Waals surface area contributed by atoms with Gasteiger partial charge in [-0.25, -0.2) is 0 Å². The van der Waals surface area contributed by atoms with Crippen LogP contribution in [0.25, 0.3) is 0 Å². The highest BCUT2D eigenvalue weighted by Gasteiger charge is 2.17. The second-order valence-corrected chi connectivity index (χ2v) is 5.66. The Morgan fingerprint density at radius 1 is 1.17 bits per heavy atom. The predicted molar refractivity (Wildman–Crippen MR) is 90.5 cm³/mol. The molecule has 1 unspecified atom stereocenters. The van der Waals surface area contributed by atoms with Crippen LogP contribution in [0.15, 0.2) is 36.4 Å². The van der Waals surface area contributed by atoms with Gasteiger partial charge in [0.15, 0.2) is 6.10 Å². The summed E-state index contributed by atoms with van der Waals surface area (Å²) in [5.74, 6) is 0.284. The molecule has 0 fully saturated rings. The van der Waals surface area contributed by atoms with Crippen LogP contribution in [0.4, 0.5) is 5.69 Å². The maximum absolute atomic E-state index is 12.4. The molecule has 0 spiro atoms. The summed E-state index contributed by atoms with van der Waals surface area (Å²) in [6, 6.07) is 12.9. The Morgan fingerprint density at radius 3 is 2.43 bits per heavy atom. The number of amides is 1. The van der Waals surface area contributed by atoms with Crippen LogP contribution in [0.3, 0.4) is 0 Å². The number of rotatable bonds is 4. The zero-order valence-corrected chi connectivity index (χ0v) is 13.8. The van der Waals surface area contributed by atoms with Gasteiger partial charge < -0.3 is 10.1 Å². The normalized spacial score (nSPS) is 11.4. The van der Waals surface area contributed by atoms with Gasteiger partial charge in [0.2, 0.25) is 0 Å². The molecular formula is C19H20N2O2. The third kappa shape index (κ3) is 4.10. The number of nitrogens with zero attached hydrogens (tertiary/aromatic N) is 1. The number of anilines is 1. The minimum absolute atomic E-state index is 0.220. The smallest absolute Gasteiger partial charge is 0.265 e. The standard InChI is InChI=1S/C19H20N2O2/c1-12-8-13(2)18(14(3)9-12)21-19(22)15(4)23-17-7-5-6-16(10-17)11-20/h5-10,15H,1-4H3,(H,21,22). The van der Waals surface area contributed by atoms with Crippen molar-refractivity contribution < 1.29 is 9.53 Å². The van der Waals surface area contributed by atoms with Crippen molar-refractivity contribution in [1.82, 2.24) is 0 Å². The zero-order chi connectivity index (χ0) is 17.0. The molecule has 2 aromatic carbocycles. The van der Waals surface area contributed by atoms with E-state index in [9.17, 15) is 4.79 Å². The summed E-state index contributed by atoms with van der Waals surface area (Å²) in [5, 5.41) is 11.8. The number of aryl methyl sites for hydroxylation is 3. The molecule has 23 heavy (non-hydrogen) atoms. The van der Waals surface area contributed by atoms with Crippen LogP contribution < -0.4 is 10.1 Å². The molecule has 0 aliphatic rings. The first-order chi connectivity index (χ1) is 10.9. The number of ether oxygens (including phenoxy) is 1. The highest BCUT2D eigenvalue weighted by Crippen LogP contribution is 2.22. The highest BCUT2D eigenvalue weighted by atomic mass is 16.5. The Hall–Kier alpha value is -2.80. The topological polar surface area (TPSA) is 62.1 Å². The Labute approximate surface area is 136 Å². The fraction of sp³-hybridized carbons (Fsp3) is 0.263. The van der Waals surface area contributed by atoms with Crippen molar-refractivity contribution in [3.63, 3.8) is 0 Å². The van der Waals surface area contributed by atoms with Gasteiger partial charge in [-0.1, -0.05) is 23.8 Å². The molecule has 1 atom stereocenters. The Morgan fingerprint density at radius 2 is 1.83 bits per heavy atom. The van der Waals surface area contributed by atoms with Gasteiger partial charge in [-0.15, -0.1) is 0 Å². The number of benzene rings is 2. The van der Waals surface area contributed by atoms with Gasteiger partial charge in [-0.05, 0) is 57.0 Å². The highest BCUT2D eigenvalue weighted by molar-refractivity contribution is 5.95. The number of hydrogen-bond donors (Lipinski definition) is 1. The van der Waals surface area contributed by atoms with Gasteiger partial charge in [0.05, 0.1) is 11.6 Å². The molecule has 0 aliphatic heterocycles. The third-order valence-corrected chi connectivity index (χ3v) is 3.57. The largest absolute Gasteiger partial charge is 0.481 e. The van der Waals surface area contributed by atoms with Crippen LogP contribution in [-0.2, 0) is 4.79 Å². The van der Waals surface area contributed by atoms with E-state index in [2.05, 4.69) is 5.32 Å². The monoisotopic (exact) mass is 308 g/mol. The van der Waals surface area contributed by atoms with Gasteiger partial charge in [0.1, 0.15) is 5.75 Å². The molecular weight excluding hydrogens is 288 g/mol. The lowest BCUT2D eigenvalue weighted by Crippen LogP contribution is -2.30. The summed E-state index contributed by atoms with van der Waals surface area (Å²) in [5.41, 5.74) is 4.53. The van der Waals surface area contributed by atoms with Gasteiger partial charge in [0.25, 0.3) is 5.91 Å². The van der Waals surface area contributed by atoms with Crippen molar-refractivity contribution in [2.45, 2.75) is 33.8 Å². The van der Waals surface area contributed by atoms with Crippen molar-refractivity contribution in [3.8, 4) is 11.8 Å². The third-order valence-electron chi connectivity index (χ3n) is 3.57. The maximum Gasteiger partial charge on any atom is 0.265 e. The molecule has 4 heteroatoms. The van der Waals surface area contributed by atoms with E-state index in [1.165, 1.54) is 0 Å². The number of carbonyl (C=O) groups excluding carboxylic acids is 1. The first-order valence-corrected chi connectivity index (χ1v) is 7.46. The zero-order valence-electron chi connectivity index (χ0n) is 13.8. The molecule has 118 valence electrons. The first-order valence-electron chi connectivity index (χ1n) is 7.46. The Bertz CT molecular complexity index is 752. The van der Waals surface area contributed by atoms with Gasteiger partial charge >= 0.3 is 0 Å². The van der Waals surface area contributed by atoms with E-state index in [0.29, 0.717) is 11.3 Å². The number of nitriles is 1. The molecule has 2 rings (SSSR count). The molecule has 1 amide bonds. The van der Waals surface area contributed by atoms with Crippen LogP contribution in [-0.4, -0.2) is 12.0 Å². The molecule has 0 saturated carbocycles. The number of carbonyl (C=O) groups is 1. The molecule has 0 radical (unpaired) electrons. The quantitative estimate of drug-likeness (QED) is 0.932. The minimum atomic E-state index is -0.663. The van der Waals surface area contributed by atoms with E-state index in [1.54, 1.807) is 31.2 Å². The van der Waals surface area contributed by atoms with E-state index >= 15 is 0 Å². The van der Waals surface area contributed by atoms with Crippen LogP contribution in [0.5, 0.6) is 5.75 Å². The summed E-state index contributed by atoms with van der Waals surface area (Å²) in [6.07, 6.45) is -0.663. The molecule has 4 nitrogen and oxygen atoms in total. The summed E-state index contributed by atoms with van der Waals surface area (Å²) >= 11 is 0. The predicted octanol–water partition coefficient (Wildman–Crippen LogP) is 3.89. The van der Waals surface area contributed by atoms with Crippen LogP contribution in [0, 0.1) is 32.1 Å². The van der Waals surface area contributed by atoms with E-state index in [-0.39, 0.29) is 5.91 Å². The number of hydrogen-bond acceptors (Lipinski definition) is 3. The summed E-state index contributed by atoms with van der Waals surface area (Å²) in [6.45, 7) is 7.65. The van der Waals surface area contributed by atoms with Gasteiger partial charge in [0, 0.05) is 5.69 Å². The molecule has 0 saturated heterocycles. The van der Waals surface area contributed by atoms with Crippen LogP contribution in [0.2, 0.25) is 0 Å². The second-order valence-electron chi connectivity index (χ2n) is 5.66. The van der Waals surface area contributed by atoms with Crippen molar-refractivity contribution in [1.29, 1.82) is 5.26 Å². The maximum atomic E-state index is 12.4. The van der Waals surface area contributed by atoms with Crippen molar-refractivity contribution in [3.05, 3.63) is 58.7 Å². The lowest BCUT2D eigenvalue weighted by atomic mass is 10.0. The average molecular weight is 308 g/mol. The molecule has 2 aromatic rings. The Kier molecular flexibility index (Phi) is 5.02. The fourth-order valence-corrected chi connectivity index (χ4v) is 2.50. The lowest BCUT2D eigenvalue weighted by Gasteiger charge is -2.17. The fourth-order valence-electron chi connectivity index (χ4n) is 2.50. The Balaban J connectivity index is 2.10. The van der Waals surface area contributed by atoms with E-state index in [4.69, 9.17) is 10.00 Å². The molecule has 1 N–H and O–H groups in total. The van der Waals surface area contributed by atoms with E-state index in [0.717, 1.165) is 22.4 Å². The SMILES string of the molecule is Cc1cc(C)c(NC(=O)C(C)Oc2cccc(C#N)c2)c(C)c1. The summed E-state index contributed by atoms with van der Waals surface area (Å²) in [7, 11) is 0. The van der Waals surface area contributed by atoms with Crippen LogP contribution in [0.1, 0.15) is 29.2 Å². The van der Waals surface area contributed by atoms with E-state index in [1.807, 2.05) is 39.0 Å². The van der Waals surface area contributed by atoms with E-state index < -0.39 is 6.10 Å². The summed E-state index contributed by atoms with van der Waals surface area (Å²) < 4.78 is 5.63. The molecule has 0 aliphatic carbocycles. The first kappa shape index (κ1) is 16.6. The summed E-state index contributed by atoms with van der Waals surface area (Å²) in [4.78, 5) is 12.4. The molecule has 0 aromatic heterocycles. The van der Waals surface area contributed by atoms with Crippen LogP contribution >= 0.6 is 0 Å². The average Bonchev–Trinajstić information content (AvgIpc) is 2.50. The van der Waals surface area contributed by atoms with Crippen molar-refractivity contribution in [2.24, 2.45) is 0 Å². The van der Waals surface area contributed by atoms with Gasteiger partial charge in [-0.2, -0.15) is 5.26 Å². The molecule has 0 heterocycles. The second kappa shape index (κ2) is 6.97. The minimum Gasteiger partial charge on any atom is -0.481 e. The number of nitrogens with one attached hydrogen (secondary N) is 1. The molecule has 0 bridgehead atoms. The lowest BCUT2D eigenvalue weighted by molar-refractivity contribution is -0.122. The van der Waals surface area contributed by atoms with Crippen molar-refractivity contribution >= 4 is 11.6 Å².